The van der Waals surface area contributed by atoms with Crippen LogP contribution in [0, 0.1) is 11.3 Å². The molecule has 1 heterocycles. The summed E-state index contributed by atoms with van der Waals surface area (Å²) in [7, 11) is 0. The molecule has 1 aliphatic heterocycles. The van der Waals surface area contributed by atoms with Gasteiger partial charge in [0.1, 0.15) is 5.78 Å². The van der Waals surface area contributed by atoms with Crippen LogP contribution in [0.4, 0.5) is 0 Å². The first-order valence-electron chi connectivity index (χ1n) is 5.61. The van der Waals surface area contributed by atoms with Gasteiger partial charge >= 0.3 is 0 Å². The number of ketones is 1. The second kappa shape index (κ2) is 3.99. The number of rotatable bonds is 3. The van der Waals surface area contributed by atoms with Crippen LogP contribution in [0.1, 0.15) is 32.1 Å². The van der Waals surface area contributed by atoms with Crippen molar-refractivity contribution in [3.05, 3.63) is 0 Å². The molecule has 1 atom stereocenters. The summed E-state index contributed by atoms with van der Waals surface area (Å²) in [6.07, 6.45) is 5.23. The summed E-state index contributed by atoms with van der Waals surface area (Å²) in [5, 5.41) is 0. The summed E-state index contributed by atoms with van der Waals surface area (Å²) in [6, 6.07) is 0. The predicted octanol–water partition coefficient (Wildman–Crippen LogP) is 1.11. The second-order valence-electron chi connectivity index (χ2n) is 4.62. The minimum Gasteiger partial charge on any atom is -0.381 e. The first-order chi connectivity index (χ1) is 6.78. The largest absolute Gasteiger partial charge is 0.381 e. The van der Waals surface area contributed by atoms with Gasteiger partial charge in [-0.15, -0.1) is 0 Å². The molecule has 2 rings (SSSR count). The Balaban J connectivity index is 2.06. The van der Waals surface area contributed by atoms with Crippen molar-refractivity contribution in [2.75, 3.05) is 19.8 Å². The average molecular weight is 197 g/mol. The first-order valence-corrected chi connectivity index (χ1v) is 5.61. The first kappa shape index (κ1) is 10.1. The highest BCUT2D eigenvalue weighted by atomic mass is 16.5. The minimum absolute atomic E-state index is 0.136. The van der Waals surface area contributed by atoms with Crippen molar-refractivity contribution in [3.63, 3.8) is 0 Å². The SMILES string of the molecule is NCC1(C(=O)C2CCOC2)CCCC1. The maximum Gasteiger partial charge on any atom is 0.145 e. The third-order valence-corrected chi connectivity index (χ3v) is 3.77. The number of hydrogen-bond donors (Lipinski definition) is 1. The molecule has 0 aromatic heterocycles. The van der Waals surface area contributed by atoms with Crippen LogP contribution in [-0.4, -0.2) is 25.5 Å². The Morgan fingerprint density at radius 1 is 1.43 bits per heavy atom. The van der Waals surface area contributed by atoms with Crippen LogP contribution >= 0.6 is 0 Å². The van der Waals surface area contributed by atoms with E-state index < -0.39 is 0 Å². The van der Waals surface area contributed by atoms with E-state index in [2.05, 4.69) is 0 Å². The van der Waals surface area contributed by atoms with Crippen molar-refractivity contribution >= 4 is 5.78 Å². The molecule has 1 saturated carbocycles. The highest BCUT2D eigenvalue weighted by Gasteiger charge is 2.43. The summed E-state index contributed by atoms with van der Waals surface area (Å²) in [5.41, 5.74) is 5.59. The molecule has 2 aliphatic rings. The highest BCUT2D eigenvalue weighted by Crippen LogP contribution is 2.41. The van der Waals surface area contributed by atoms with E-state index in [1.807, 2.05) is 0 Å². The lowest BCUT2D eigenvalue weighted by Crippen LogP contribution is -2.40. The van der Waals surface area contributed by atoms with Gasteiger partial charge < -0.3 is 10.5 Å². The fourth-order valence-corrected chi connectivity index (χ4v) is 2.78. The molecular formula is C11H19NO2. The normalized spacial score (nSPS) is 30.8. The van der Waals surface area contributed by atoms with Crippen molar-refractivity contribution in [1.29, 1.82) is 0 Å². The molecule has 14 heavy (non-hydrogen) atoms. The van der Waals surface area contributed by atoms with Gasteiger partial charge in [-0.25, -0.2) is 0 Å². The molecule has 1 aliphatic carbocycles. The Morgan fingerprint density at radius 3 is 2.64 bits per heavy atom. The van der Waals surface area contributed by atoms with E-state index in [4.69, 9.17) is 10.5 Å². The maximum absolute atomic E-state index is 12.2. The topological polar surface area (TPSA) is 52.3 Å². The minimum atomic E-state index is -0.182. The van der Waals surface area contributed by atoms with Gasteiger partial charge in [0, 0.05) is 24.5 Å². The number of carbonyl (C=O) groups is 1. The molecule has 1 saturated heterocycles. The fraction of sp³-hybridized carbons (Fsp3) is 0.909. The van der Waals surface area contributed by atoms with E-state index in [-0.39, 0.29) is 11.3 Å². The van der Waals surface area contributed by atoms with E-state index in [1.54, 1.807) is 0 Å². The van der Waals surface area contributed by atoms with Crippen molar-refractivity contribution in [3.8, 4) is 0 Å². The molecular weight excluding hydrogens is 178 g/mol. The molecule has 80 valence electrons. The lowest BCUT2D eigenvalue weighted by molar-refractivity contribution is -0.132. The lowest BCUT2D eigenvalue weighted by atomic mass is 9.76. The molecule has 1 unspecified atom stereocenters. The van der Waals surface area contributed by atoms with Crippen LogP contribution in [-0.2, 0) is 9.53 Å². The third-order valence-electron chi connectivity index (χ3n) is 3.77. The average Bonchev–Trinajstić information content (AvgIpc) is 2.89. The van der Waals surface area contributed by atoms with Crippen LogP contribution < -0.4 is 5.73 Å². The van der Waals surface area contributed by atoms with Crippen molar-refractivity contribution in [2.45, 2.75) is 32.1 Å². The zero-order valence-electron chi connectivity index (χ0n) is 8.63. The summed E-state index contributed by atoms with van der Waals surface area (Å²) in [5.74, 6) is 0.520. The Morgan fingerprint density at radius 2 is 2.14 bits per heavy atom. The Bertz CT molecular complexity index is 215. The molecule has 2 fully saturated rings. The van der Waals surface area contributed by atoms with Gasteiger partial charge in [0.05, 0.1) is 6.61 Å². The van der Waals surface area contributed by atoms with Gasteiger partial charge in [0.25, 0.3) is 0 Å². The summed E-state index contributed by atoms with van der Waals surface area (Å²) < 4.78 is 5.27. The second-order valence-corrected chi connectivity index (χ2v) is 4.62. The van der Waals surface area contributed by atoms with Crippen LogP contribution in [0.5, 0.6) is 0 Å². The van der Waals surface area contributed by atoms with Crippen molar-refractivity contribution in [1.82, 2.24) is 0 Å². The zero-order valence-corrected chi connectivity index (χ0v) is 8.63. The number of carbonyl (C=O) groups excluding carboxylic acids is 1. The van der Waals surface area contributed by atoms with Crippen LogP contribution in [0.3, 0.4) is 0 Å². The van der Waals surface area contributed by atoms with E-state index >= 15 is 0 Å². The summed E-state index contributed by atoms with van der Waals surface area (Å²) in [4.78, 5) is 12.2. The Labute approximate surface area is 85.0 Å². The molecule has 0 aromatic rings. The molecule has 0 aromatic carbocycles. The van der Waals surface area contributed by atoms with Gasteiger partial charge in [-0.2, -0.15) is 0 Å². The van der Waals surface area contributed by atoms with Gasteiger partial charge in [-0.3, -0.25) is 4.79 Å². The monoisotopic (exact) mass is 197 g/mol. The molecule has 0 bridgehead atoms. The van der Waals surface area contributed by atoms with Crippen LogP contribution in [0.15, 0.2) is 0 Å². The van der Waals surface area contributed by atoms with Crippen LogP contribution in [0.2, 0.25) is 0 Å². The molecule has 3 heteroatoms. The van der Waals surface area contributed by atoms with E-state index in [0.29, 0.717) is 18.9 Å². The van der Waals surface area contributed by atoms with Gasteiger partial charge in [-0.05, 0) is 19.3 Å². The van der Waals surface area contributed by atoms with Crippen molar-refractivity contribution in [2.24, 2.45) is 17.1 Å². The molecule has 3 nitrogen and oxygen atoms in total. The van der Waals surface area contributed by atoms with Gasteiger partial charge in [0.2, 0.25) is 0 Å². The third kappa shape index (κ3) is 1.59. The Kier molecular flexibility index (Phi) is 2.88. The maximum atomic E-state index is 12.2. The predicted molar refractivity (Wildman–Crippen MR) is 53.9 cm³/mol. The van der Waals surface area contributed by atoms with Crippen molar-refractivity contribution < 1.29 is 9.53 Å². The number of nitrogens with two attached hydrogens (primary N) is 1. The highest BCUT2D eigenvalue weighted by molar-refractivity contribution is 5.87. The zero-order chi connectivity index (χ0) is 10.0. The Hall–Kier alpha value is -0.410. The number of Topliss-reactive ketones (excluding diaryl/α,β-unsaturated/α-hetero) is 1. The number of ether oxygens (including phenoxy) is 1. The van der Waals surface area contributed by atoms with Gasteiger partial charge in [0.15, 0.2) is 0 Å². The fourth-order valence-electron chi connectivity index (χ4n) is 2.78. The molecule has 2 N–H and O–H groups in total. The van der Waals surface area contributed by atoms with E-state index in [9.17, 15) is 4.79 Å². The van der Waals surface area contributed by atoms with E-state index in [0.717, 1.165) is 38.7 Å². The smallest absolute Gasteiger partial charge is 0.145 e. The summed E-state index contributed by atoms with van der Waals surface area (Å²) in [6.45, 7) is 1.90. The standard InChI is InChI=1S/C11H19NO2/c12-8-11(4-1-2-5-11)10(13)9-3-6-14-7-9/h9H,1-8,12H2. The number of hydrogen-bond acceptors (Lipinski definition) is 3. The molecule has 0 spiro atoms. The summed E-state index contributed by atoms with van der Waals surface area (Å²) >= 11 is 0. The quantitative estimate of drug-likeness (QED) is 0.737. The van der Waals surface area contributed by atoms with Gasteiger partial charge in [-0.1, -0.05) is 12.8 Å². The lowest BCUT2D eigenvalue weighted by Gasteiger charge is -2.27. The molecule has 0 amide bonds. The van der Waals surface area contributed by atoms with E-state index in [1.165, 1.54) is 0 Å². The van der Waals surface area contributed by atoms with Crippen LogP contribution in [0.25, 0.3) is 0 Å². The molecule has 0 radical (unpaired) electrons.